The molecule has 33 heavy (non-hydrogen) atoms. The Morgan fingerprint density at radius 2 is 2.03 bits per heavy atom. The molecule has 4 rings (SSSR count). The Balaban J connectivity index is 1.78. The molecule has 8 nitrogen and oxygen atoms in total. The molecule has 1 saturated heterocycles. The maximum atomic E-state index is 13.2. The molecular weight excluding hydrogens is 420 g/mol. The lowest BCUT2D eigenvalue weighted by atomic mass is 9.96. The lowest BCUT2D eigenvalue weighted by Crippen LogP contribution is -2.38. The van der Waals surface area contributed by atoms with Crippen LogP contribution in [0.4, 0.5) is 5.69 Å². The van der Waals surface area contributed by atoms with Crippen molar-refractivity contribution in [3.05, 3.63) is 59.4 Å². The predicted octanol–water partition coefficient (Wildman–Crippen LogP) is 2.67. The number of nitrogens with zero attached hydrogens (tertiary/aromatic N) is 4. The van der Waals surface area contributed by atoms with Crippen LogP contribution in [-0.4, -0.2) is 78.0 Å². The van der Waals surface area contributed by atoms with Crippen molar-refractivity contribution in [2.75, 3.05) is 51.3 Å². The van der Waals surface area contributed by atoms with E-state index in [9.17, 15) is 14.7 Å². The van der Waals surface area contributed by atoms with Crippen LogP contribution in [-0.2, 0) is 9.59 Å². The minimum atomic E-state index is -0.695. The lowest BCUT2D eigenvalue weighted by Gasteiger charge is -2.29. The second kappa shape index (κ2) is 9.62. The summed E-state index contributed by atoms with van der Waals surface area (Å²) in [6.07, 6.45) is 3.29. The van der Waals surface area contributed by atoms with Crippen molar-refractivity contribution in [2.45, 2.75) is 19.9 Å². The van der Waals surface area contributed by atoms with Gasteiger partial charge in [0.05, 0.1) is 23.8 Å². The van der Waals surface area contributed by atoms with Gasteiger partial charge in [-0.1, -0.05) is 19.9 Å². The van der Waals surface area contributed by atoms with Gasteiger partial charge in [-0.25, -0.2) is 0 Å². The minimum Gasteiger partial charge on any atom is -0.507 e. The van der Waals surface area contributed by atoms with E-state index in [0.717, 1.165) is 31.1 Å². The number of Topliss-reactive ketones (excluding diaryl/α,β-unsaturated/α-hetero) is 1. The van der Waals surface area contributed by atoms with Crippen LogP contribution >= 0.6 is 0 Å². The maximum absolute atomic E-state index is 13.2. The fraction of sp³-hybridized carbons (Fsp3) is 0.400. The number of ketones is 1. The third-order valence-electron chi connectivity index (χ3n) is 6.42. The fourth-order valence-corrected chi connectivity index (χ4v) is 4.44. The zero-order chi connectivity index (χ0) is 23.5. The Bertz CT molecular complexity index is 1070. The summed E-state index contributed by atoms with van der Waals surface area (Å²) < 4.78 is 5.69. The molecule has 0 bridgehead atoms. The number of aliphatic hydroxyl groups excluding tert-OH is 1. The quantitative estimate of drug-likeness (QED) is 0.394. The number of likely N-dealkylation sites (tertiary alicyclic amines) is 1. The number of hydrogen-bond donors (Lipinski definition) is 1. The van der Waals surface area contributed by atoms with Crippen LogP contribution in [0.3, 0.4) is 0 Å². The first-order valence-corrected chi connectivity index (χ1v) is 11.3. The zero-order valence-corrected chi connectivity index (χ0v) is 19.3. The number of amides is 1. The van der Waals surface area contributed by atoms with Crippen LogP contribution in [0.1, 0.15) is 31.0 Å². The number of carbonyl (C=O) groups excluding carboxylic acids is 2. The van der Waals surface area contributed by atoms with E-state index in [4.69, 9.17) is 4.74 Å². The highest BCUT2D eigenvalue weighted by molar-refractivity contribution is 6.46. The van der Waals surface area contributed by atoms with E-state index in [0.29, 0.717) is 30.8 Å². The fourth-order valence-electron chi connectivity index (χ4n) is 4.44. The number of aliphatic hydroxyl groups is 1. The van der Waals surface area contributed by atoms with Crippen molar-refractivity contribution in [1.29, 1.82) is 0 Å². The molecule has 2 aliphatic heterocycles. The molecular formula is C25H30N4O4. The minimum absolute atomic E-state index is 0.0897. The Morgan fingerprint density at radius 3 is 2.73 bits per heavy atom. The first-order valence-electron chi connectivity index (χ1n) is 11.3. The highest BCUT2D eigenvalue weighted by Gasteiger charge is 2.46. The number of anilines is 1. The Hall–Kier alpha value is -3.39. The van der Waals surface area contributed by atoms with Crippen molar-refractivity contribution in [3.8, 4) is 5.75 Å². The summed E-state index contributed by atoms with van der Waals surface area (Å²) in [4.78, 5) is 36.2. The number of aromatic nitrogens is 1. The van der Waals surface area contributed by atoms with Crippen LogP contribution in [0.5, 0.6) is 5.75 Å². The van der Waals surface area contributed by atoms with E-state index in [-0.39, 0.29) is 11.3 Å². The summed E-state index contributed by atoms with van der Waals surface area (Å²) in [5.41, 5.74) is 2.09. The standard InChI is InChI=1S/C25H30N4O4/c1-4-28(5-2)11-12-29-22(18-7-6-10-26-16-18)21(24(31)25(29)32)23(30)17-8-9-20-19(15-17)27(3)13-14-33-20/h6-10,15-16,22,30H,4-5,11-14H2,1-3H3/b23-21-. The molecule has 3 heterocycles. The molecule has 2 aromatic rings. The summed E-state index contributed by atoms with van der Waals surface area (Å²) in [6, 6.07) is 8.21. The number of ether oxygens (including phenoxy) is 1. The van der Waals surface area contributed by atoms with Gasteiger partial charge in [-0.05, 0) is 42.9 Å². The number of hydrogen-bond acceptors (Lipinski definition) is 7. The van der Waals surface area contributed by atoms with Crippen molar-refractivity contribution in [3.63, 3.8) is 0 Å². The number of benzene rings is 1. The molecule has 1 amide bonds. The molecule has 1 aromatic carbocycles. The predicted molar refractivity (Wildman–Crippen MR) is 126 cm³/mol. The van der Waals surface area contributed by atoms with Gasteiger partial charge in [0, 0.05) is 38.1 Å². The summed E-state index contributed by atoms with van der Waals surface area (Å²) >= 11 is 0. The van der Waals surface area contributed by atoms with E-state index in [1.807, 2.05) is 18.0 Å². The van der Waals surface area contributed by atoms with E-state index < -0.39 is 17.7 Å². The van der Waals surface area contributed by atoms with E-state index in [1.54, 1.807) is 41.6 Å². The first-order chi connectivity index (χ1) is 16.0. The SMILES string of the molecule is CCN(CC)CCN1C(=O)C(=O)/C(=C(\O)c2ccc3c(c2)N(C)CCO3)C1c1cccnc1. The average molecular weight is 451 g/mol. The lowest BCUT2D eigenvalue weighted by molar-refractivity contribution is -0.140. The van der Waals surface area contributed by atoms with Crippen molar-refractivity contribution in [2.24, 2.45) is 0 Å². The zero-order valence-electron chi connectivity index (χ0n) is 19.3. The van der Waals surface area contributed by atoms with Gasteiger partial charge in [-0.3, -0.25) is 14.6 Å². The van der Waals surface area contributed by atoms with Gasteiger partial charge in [0.2, 0.25) is 0 Å². The molecule has 1 aromatic heterocycles. The van der Waals surface area contributed by atoms with Gasteiger partial charge in [0.1, 0.15) is 18.1 Å². The topological polar surface area (TPSA) is 86.2 Å². The van der Waals surface area contributed by atoms with Crippen molar-refractivity contribution in [1.82, 2.24) is 14.8 Å². The number of rotatable bonds is 7. The molecule has 0 aliphatic carbocycles. The molecule has 1 fully saturated rings. The monoisotopic (exact) mass is 450 g/mol. The molecule has 1 atom stereocenters. The van der Waals surface area contributed by atoms with Gasteiger partial charge in [0.15, 0.2) is 0 Å². The largest absolute Gasteiger partial charge is 0.507 e. The first kappa shape index (κ1) is 22.8. The van der Waals surface area contributed by atoms with Gasteiger partial charge < -0.3 is 24.5 Å². The molecule has 1 N–H and O–H groups in total. The van der Waals surface area contributed by atoms with Crippen LogP contribution in [0.25, 0.3) is 5.76 Å². The van der Waals surface area contributed by atoms with Crippen LogP contribution in [0.2, 0.25) is 0 Å². The van der Waals surface area contributed by atoms with Gasteiger partial charge in [-0.2, -0.15) is 0 Å². The average Bonchev–Trinajstić information content (AvgIpc) is 3.10. The van der Waals surface area contributed by atoms with E-state index in [1.165, 1.54) is 0 Å². The maximum Gasteiger partial charge on any atom is 0.295 e. The third kappa shape index (κ3) is 4.30. The number of likely N-dealkylation sites (N-methyl/N-ethyl adjacent to an activating group) is 2. The molecule has 0 spiro atoms. The second-order valence-corrected chi connectivity index (χ2v) is 8.26. The normalized spacial score (nSPS) is 19.7. The highest BCUT2D eigenvalue weighted by Crippen LogP contribution is 2.40. The van der Waals surface area contributed by atoms with E-state index >= 15 is 0 Å². The molecule has 0 radical (unpaired) electrons. The number of carbonyl (C=O) groups is 2. The van der Waals surface area contributed by atoms with Gasteiger partial charge in [-0.15, -0.1) is 0 Å². The smallest absolute Gasteiger partial charge is 0.295 e. The number of fused-ring (bicyclic) bond motifs is 1. The van der Waals surface area contributed by atoms with Gasteiger partial charge in [0.25, 0.3) is 11.7 Å². The molecule has 2 aliphatic rings. The van der Waals surface area contributed by atoms with Crippen LogP contribution < -0.4 is 9.64 Å². The Morgan fingerprint density at radius 1 is 1.24 bits per heavy atom. The highest BCUT2D eigenvalue weighted by atomic mass is 16.5. The second-order valence-electron chi connectivity index (χ2n) is 8.26. The Labute approximate surface area is 194 Å². The molecule has 174 valence electrons. The number of pyridine rings is 1. The van der Waals surface area contributed by atoms with Crippen molar-refractivity contribution < 1.29 is 19.4 Å². The third-order valence-corrected chi connectivity index (χ3v) is 6.42. The molecule has 0 saturated carbocycles. The summed E-state index contributed by atoms with van der Waals surface area (Å²) in [5.74, 6) is -0.739. The summed E-state index contributed by atoms with van der Waals surface area (Å²) in [7, 11) is 1.95. The van der Waals surface area contributed by atoms with Gasteiger partial charge >= 0.3 is 0 Å². The molecule has 8 heteroatoms. The molecule has 1 unspecified atom stereocenters. The Kier molecular flexibility index (Phi) is 6.65. The van der Waals surface area contributed by atoms with Crippen molar-refractivity contribution >= 4 is 23.1 Å². The van der Waals surface area contributed by atoms with Crippen LogP contribution in [0, 0.1) is 0 Å². The summed E-state index contributed by atoms with van der Waals surface area (Å²) in [6.45, 7) is 8.16. The summed E-state index contributed by atoms with van der Waals surface area (Å²) in [5, 5.41) is 11.3. The van der Waals surface area contributed by atoms with E-state index in [2.05, 4.69) is 23.7 Å². The van der Waals surface area contributed by atoms with Crippen LogP contribution in [0.15, 0.2) is 48.3 Å².